The fourth-order valence-corrected chi connectivity index (χ4v) is 10.2. The zero-order chi connectivity index (χ0) is 20.1. The number of hydrogen-bond acceptors (Lipinski definition) is 0. The van der Waals surface area contributed by atoms with E-state index in [0.717, 1.165) is 45.3 Å². The third-order valence-electron chi connectivity index (χ3n) is 10.8. The van der Waals surface area contributed by atoms with Crippen molar-refractivity contribution in [3.63, 3.8) is 0 Å². The summed E-state index contributed by atoms with van der Waals surface area (Å²) in [5.41, 5.74) is 1.36. The Hall–Kier alpha value is 0.730. The SMILES string of the molecule is CC(C)CCCC(C)C1CCC2C3CC[C@H]4C[C@H](I)CCC4(C)C3CCC12C. The minimum absolute atomic E-state index is 0.669. The second-order valence-electron chi connectivity index (χ2n) is 12.6. The fourth-order valence-electron chi connectivity index (χ4n) is 9.23. The molecule has 0 radical (unpaired) electrons. The number of alkyl halides is 1. The van der Waals surface area contributed by atoms with E-state index in [-0.39, 0.29) is 0 Å². The Bertz CT molecular complexity index is 540. The molecule has 0 aliphatic heterocycles. The van der Waals surface area contributed by atoms with E-state index in [1.165, 1.54) is 38.5 Å². The van der Waals surface area contributed by atoms with E-state index >= 15 is 0 Å². The second-order valence-corrected chi connectivity index (χ2v) is 14.3. The van der Waals surface area contributed by atoms with Gasteiger partial charge in [0.25, 0.3) is 0 Å². The first-order chi connectivity index (χ1) is 13.3. The maximum Gasteiger partial charge on any atom is 0.0113 e. The largest absolute Gasteiger partial charge is 0.0826 e. The lowest BCUT2D eigenvalue weighted by Gasteiger charge is -2.61. The van der Waals surface area contributed by atoms with E-state index in [1.54, 1.807) is 38.5 Å². The molecule has 28 heavy (non-hydrogen) atoms. The van der Waals surface area contributed by atoms with Crippen LogP contribution in [-0.4, -0.2) is 3.92 Å². The lowest BCUT2D eigenvalue weighted by Crippen LogP contribution is -2.53. The number of halogens is 1. The van der Waals surface area contributed by atoms with E-state index in [2.05, 4.69) is 57.2 Å². The first kappa shape index (κ1) is 21.9. The molecular formula is C27H47I. The fraction of sp³-hybridized carbons (Fsp3) is 1.00. The Morgan fingerprint density at radius 2 is 1.54 bits per heavy atom. The third kappa shape index (κ3) is 3.75. The molecule has 1 heteroatoms. The van der Waals surface area contributed by atoms with Gasteiger partial charge in [0.05, 0.1) is 0 Å². The van der Waals surface area contributed by atoms with Crippen molar-refractivity contribution in [2.45, 2.75) is 116 Å². The molecule has 0 heterocycles. The molecule has 0 aromatic carbocycles. The zero-order valence-corrected chi connectivity index (χ0v) is 21.6. The topological polar surface area (TPSA) is 0 Å². The summed E-state index contributed by atoms with van der Waals surface area (Å²) in [6.45, 7) is 12.9. The molecule has 0 saturated heterocycles. The monoisotopic (exact) mass is 498 g/mol. The van der Waals surface area contributed by atoms with Crippen molar-refractivity contribution in [1.82, 2.24) is 0 Å². The quantitative estimate of drug-likeness (QED) is 0.262. The number of rotatable bonds is 5. The lowest BCUT2D eigenvalue weighted by molar-refractivity contribution is -0.113. The highest BCUT2D eigenvalue weighted by Crippen LogP contribution is 2.68. The highest BCUT2D eigenvalue weighted by molar-refractivity contribution is 14.1. The highest BCUT2D eigenvalue weighted by Gasteiger charge is 2.60. The summed E-state index contributed by atoms with van der Waals surface area (Å²) >= 11 is 2.75. The van der Waals surface area contributed by atoms with Crippen LogP contribution in [0.1, 0.15) is 112 Å². The normalized spacial score (nSPS) is 49.4. The van der Waals surface area contributed by atoms with Gasteiger partial charge in [-0.1, -0.05) is 76.5 Å². The van der Waals surface area contributed by atoms with Crippen molar-refractivity contribution in [3.05, 3.63) is 0 Å². The van der Waals surface area contributed by atoms with Gasteiger partial charge in [-0.25, -0.2) is 0 Å². The summed E-state index contributed by atoms with van der Waals surface area (Å²) in [4.78, 5) is 0. The Balaban J connectivity index is 1.46. The van der Waals surface area contributed by atoms with Gasteiger partial charge in [-0.15, -0.1) is 0 Å². The summed E-state index contributed by atoms with van der Waals surface area (Å²) in [5, 5.41) is 0. The Morgan fingerprint density at radius 1 is 0.821 bits per heavy atom. The minimum Gasteiger partial charge on any atom is -0.0826 e. The first-order valence-electron chi connectivity index (χ1n) is 12.9. The van der Waals surface area contributed by atoms with Gasteiger partial charge >= 0.3 is 0 Å². The van der Waals surface area contributed by atoms with Crippen LogP contribution in [0.4, 0.5) is 0 Å². The molecule has 4 rings (SSSR count). The molecule has 162 valence electrons. The van der Waals surface area contributed by atoms with E-state index in [0.29, 0.717) is 10.8 Å². The molecule has 0 nitrogen and oxygen atoms in total. The van der Waals surface area contributed by atoms with Gasteiger partial charge < -0.3 is 0 Å². The van der Waals surface area contributed by atoms with Crippen LogP contribution in [0.25, 0.3) is 0 Å². The standard InChI is InChI=1S/C27H47I/c1-18(2)7-6-8-19(3)23-11-12-24-22-10-9-20-17-21(28)13-15-26(20,4)25(22)14-16-27(23,24)5/h18-25H,6-17H2,1-5H3/t19?,20-,21+,22?,23?,24?,25?,26?,27?/m0/s1. The van der Waals surface area contributed by atoms with Crippen LogP contribution < -0.4 is 0 Å². The van der Waals surface area contributed by atoms with Crippen LogP contribution in [-0.2, 0) is 0 Å². The van der Waals surface area contributed by atoms with E-state index in [9.17, 15) is 0 Å². The van der Waals surface area contributed by atoms with Crippen LogP contribution in [0, 0.1) is 52.3 Å². The molecule has 4 fully saturated rings. The predicted molar refractivity (Wildman–Crippen MR) is 131 cm³/mol. The van der Waals surface area contributed by atoms with Crippen molar-refractivity contribution < 1.29 is 0 Å². The van der Waals surface area contributed by atoms with Gasteiger partial charge in [0.15, 0.2) is 0 Å². The number of hydrogen-bond donors (Lipinski definition) is 0. The summed E-state index contributed by atoms with van der Waals surface area (Å²) in [7, 11) is 0. The van der Waals surface area contributed by atoms with Gasteiger partial charge in [0.1, 0.15) is 0 Å². The molecule has 0 aromatic rings. The van der Waals surface area contributed by atoms with Crippen LogP contribution in [0.5, 0.6) is 0 Å². The van der Waals surface area contributed by atoms with Gasteiger partial charge in [-0.2, -0.15) is 0 Å². The molecule has 0 aromatic heterocycles. The average molecular weight is 499 g/mol. The first-order valence-corrected chi connectivity index (χ1v) is 14.1. The third-order valence-corrected chi connectivity index (χ3v) is 11.9. The molecule has 4 aliphatic rings. The molecule has 0 N–H and O–H groups in total. The van der Waals surface area contributed by atoms with E-state index < -0.39 is 0 Å². The van der Waals surface area contributed by atoms with Gasteiger partial charge in [0.2, 0.25) is 0 Å². The molecule has 4 aliphatic carbocycles. The van der Waals surface area contributed by atoms with E-state index in [4.69, 9.17) is 0 Å². The van der Waals surface area contributed by atoms with Crippen molar-refractivity contribution in [3.8, 4) is 0 Å². The van der Waals surface area contributed by atoms with Crippen LogP contribution in [0.15, 0.2) is 0 Å². The lowest BCUT2D eigenvalue weighted by atomic mass is 9.44. The average Bonchev–Trinajstić information content (AvgIpc) is 2.99. The van der Waals surface area contributed by atoms with Gasteiger partial charge in [0, 0.05) is 3.92 Å². The Labute approximate surface area is 189 Å². The van der Waals surface area contributed by atoms with Crippen molar-refractivity contribution in [2.75, 3.05) is 0 Å². The van der Waals surface area contributed by atoms with Crippen molar-refractivity contribution in [1.29, 1.82) is 0 Å². The second kappa shape index (κ2) is 8.34. The van der Waals surface area contributed by atoms with Crippen LogP contribution in [0.2, 0.25) is 0 Å². The molecule has 0 spiro atoms. The van der Waals surface area contributed by atoms with Gasteiger partial charge in [-0.3, -0.25) is 0 Å². The van der Waals surface area contributed by atoms with Crippen LogP contribution >= 0.6 is 22.6 Å². The molecule has 4 saturated carbocycles. The molecular weight excluding hydrogens is 451 g/mol. The summed E-state index contributed by atoms with van der Waals surface area (Å²) in [6, 6.07) is 0. The zero-order valence-electron chi connectivity index (χ0n) is 19.5. The number of fused-ring (bicyclic) bond motifs is 5. The Morgan fingerprint density at radius 3 is 2.29 bits per heavy atom. The van der Waals surface area contributed by atoms with Crippen LogP contribution in [0.3, 0.4) is 0 Å². The highest BCUT2D eigenvalue weighted by atomic mass is 127. The Kier molecular flexibility index (Phi) is 6.54. The minimum atomic E-state index is 0.669. The molecule has 7 unspecified atom stereocenters. The molecule has 9 atom stereocenters. The van der Waals surface area contributed by atoms with Crippen molar-refractivity contribution >= 4 is 22.6 Å². The summed E-state index contributed by atoms with van der Waals surface area (Å²) < 4.78 is 0.962. The predicted octanol–water partition coefficient (Wildman–Crippen LogP) is 8.91. The summed E-state index contributed by atoms with van der Waals surface area (Å²) in [5.74, 6) is 7.07. The maximum absolute atomic E-state index is 2.75. The smallest absolute Gasteiger partial charge is 0.0113 e. The van der Waals surface area contributed by atoms with Gasteiger partial charge in [-0.05, 0) is 110 Å². The molecule has 0 bridgehead atoms. The van der Waals surface area contributed by atoms with E-state index in [1.807, 2.05) is 0 Å². The maximum atomic E-state index is 2.75. The summed E-state index contributed by atoms with van der Waals surface area (Å²) in [6.07, 6.45) is 18.3. The van der Waals surface area contributed by atoms with Crippen molar-refractivity contribution in [2.24, 2.45) is 52.3 Å². The molecule has 0 amide bonds.